The van der Waals surface area contributed by atoms with E-state index in [1.54, 1.807) is 22.9 Å². The maximum atomic E-state index is 11.9. The molecule has 98 valence electrons. The molecular formula is C13H18N2O2S. The third kappa shape index (κ3) is 3.99. The van der Waals surface area contributed by atoms with Gasteiger partial charge in [-0.1, -0.05) is 6.07 Å². The molecule has 1 aliphatic rings. The summed E-state index contributed by atoms with van der Waals surface area (Å²) in [4.78, 5) is 17.9. The molecule has 1 saturated heterocycles. The molecule has 18 heavy (non-hydrogen) atoms. The largest absolute Gasteiger partial charge is 0.391 e. The number of rotatable bonds is 4. The Morgan fingerprint density at radius 1 is 1.56 bits per heavy atom. The summed E-state index contributed by atoms with van der Waals surface area (Å²) in [5, 5.41) is 9.52. The van der Waals surface area contributed by atoms with Crippen LogP contribution in [0, 0.1) is 0 Å². The van der Waals surface area contributed by atoms with Crippen molar-refractivity contribution in [3.63, 3.8) is 0 Å². The van der Waals surface area contributed by atoms with E-state index in [0.29, 0.717) is 12.3 Å². The maximum Gasteiger partial charge on any atom is 0.232 e. The second-order valence-electron chi connectivity index (χ2n) is 4.45. The number of amides is 1. The van der Waals surface area contributed by atoms with Crippen molar-refractivity contribution in [2.75, 3.05) is 18.8 Å². The number of aromatic nitrogens is 1. The highest BCUT2D eigenvalue weighted by molar-refractivity contribution is 7.99. The van der Waals surface area contributed by atoms with Gasteiger partial charge in [0.2, 0.25) is 5.91 Å². The lowest BCUT2D eigenvalue weighted by Gasteiger charge is -2.30. The van der Waals surface area contributed by atoms with Crippen LogP contribution in [-0.2, 0) is 10.5 Å². The summed E-state index contributed by atoms with van der Waals surface area (Å²) in [5.74, 6) is 1.33. The van der Waals surface area contributed by atoms with Crippen LogP contribution in [-0.4, -0.2) is 45.8 Å². The van der Waals surface area contributed by atoms with Gasteiger partial charge < -0.3 is 10.0 Å². The fourth-order valence-electron chi connectivity index (χ4n) is 2.00. The van der Waals surface area contributed by atoms with Crippen LogP contribution in [0.1, 0.15) is 18.5 Å². The molecule has 1 atom stereocenters. The molecule has 1 unspecified atom stereocenters. The van der Waals surface area contributed by atoms with Crippen LogP contribution in [0.5, 0.6) is 0 Å². The van der Waals surface area contributed by atoms with Gasteiger partial charge in [0.1, 0.15) is 0 Å². The normalized spacial score (nSPS) is 19.8. The van der Waals surface area contributed by atoms with E-state index in [1.165, 1.54) is 0 Å². The highest BCUT2D eigenvalue weighted by Crippen LogP contribution is 2.14. The Hall–Kier alpha value is -1.07. The Bertz CT molecular complexity index is 386. The number of pyridine rings is 1. The standard InChI is InChI=1S/C13H18N2O2S/c16-12-5-3-7-15(8-12)13(17)10-18-9-11-4-1-2-6-14-11/h1-2,4,6,12,16H,3,5,7-10H2. The van der Waals surface area contributed by atoms with Crippen LogP contribution in [0.2, 0.25) is 0 Å². The molecule has 0 spiro atoms. The number of hydrogen-bond acceptors (Lipinski definition) is 4. The van der Waals surface area contributed by atoms with Crippen molar-refractivity contribution in [2.45, 2.75) is 24.7 Å². The van der Waals surface area contributed by atoms with Gasteiger partial charge in [-0.15, -0.1) is 11.8 Å². The topological polar surface area (TPSA) is 53.4 Å². The summed E-state index contributed by atoms with van der Waals surface area (Å²) in [5.41, 5.74) is 0.994. The minimum atomic E-state index is -0.344. The Kier molecular flexibility index (Phi) is 5.01. The third-order valence-electron chi connectivity index (χ3n) is 2.95. The van der Waals surface area contributed by atoms with Crippen molar-refractivity contribution in [3.8, 4) is 0 Å². The Labute approximate surface area is 111 Å². The van der Waals surface area contributed by atoms with Gasteiger partial charge >= 0.3 is 0 Å². The van der Waals surface area contributed by atoms with E-state index >= 15 is 0 Å². The molecule has 2 heterocycles. The lowest BCUT2D eigenvalue weighted by molar-refractivity contribution is -0.131. The Balaban J connectivity index is 1.71. The van der Waals surface area contributed by atoms with Gasteiger partial charge in [-0.2, -0.15) is 0 Å². The zero-order valence-electron chi connectivity index (χ0n) is 10.3. The van der Waals surface area contributed by atoms with Crippen LogP contribution >= 0.6 is 11.8 Å². The average Bonchev–Trinajstić information content (AvgIpc) is 2.40. The molecule has 1 aliphatic heterocycles. The van der Waals surface area contributed by atoms with Gasteiger partial charge in [0.25, 0.3) is 0 Å². The maximum absolute atomic E-state index is 11.9. The number of carbonyl (C=O) groups excluding carboxylic acids is 1. The predicted octanol–water partition coefficient (Wildman–Crippen LogP) is 1.30. The molecule has 0 aliphatic carbocycles. The number of β-amino-alcohol motifs (C(OH)–C–C–N with tert-alkyl or cyclic N) is 1. The summed E-state index contributed by atoms with van der Waals surface area (Å²) in [6.07, 6.45) is 3.13. The van der Waals surface area contributed by atoms with Gasteiger partial charge in [0.05, 0.1) is 17.6 Å². The minimum absolute atomic E-state index is 0.120. The summed E-state index contributed by atoms with van der Waals surface area (Å²) in [7, 11) is 0. The lowest BCUT2D eigenvalue weighted by Crippen LogP contribution is -2.43. The summed E-state index contributed by atoms with van der Waals surface area (Å²) >= 11 is 1.57. The van der Waals surface area contributed by atoms with E-state index < -0.39 is 0 Å². The summed E-state index contributed by atoms with van der Waals surface area (Å²) in [6, 6.07) is 5.79. The molecule has 0 radical (unpaired) electrons. The van der Waals surface area contributed by atoms with Crippen molar-refractivity contribution >= 4 is 17.7 Å². The molecular weight excluding hydrogens is 248 g/mol. The first kappa shape index (κ1) is 13.4. The molecule has 0 saturated carbocycles. The molecule has 0 bridgehead atoms. The average molecular weight is 266 g/mol. The zero-order valence-corrected chi connectivity index (χ0v) is 11.1. The van der Waals surface area contributed by atoms with Gasteiger partial charge in [0, 0.05) is 25.0 Å². The highest BCUT2D eigenvalue weighted by Gasteiger charge is 2.21. The highest BCUT2D eigenvalue weighted by atomic mass is 32.2. The van der Waals surface area contributed by atoms with Gasteiger partial charge in [-0.3, -0.25) is 9.78 Å². The minimum Gasteiger partial charge on any atom is -0.391 e. The number of likely N-dealkylation sites (tertiary alicyclic amines) is 1. The molecule has 1 aromatic heterocycles. The number of carbonyl (C=O) groups is 1. The van der Waals surface area contributed by atoms with Crippen molar-refractivity contribution in [3.05, 3.63) is 30.1 Å². The smallest absolute Gasteiger partial charge is 0.232 e. The van der Waals surface area contributed by atoms with Crippen LogP contribution in [0.4, 0.5) is 0 Å². The molecule has 4 nitrogen and oxygen atoms in total. The van der Waals surface area contributed by atoms with Crippen LogP contribution < -0.4 is 0 Å². The molecule has 1 amide bonds. The first-order chi connectivity index (χ1) is 8.75. The zero-order chi connectivity index (χ0) is 12.8. The second kappa shape index (κ2) is 6.75. The number of piperidine rings is 1. The van der Waals surface area contributed by atoms with Gasteiger partial charge in [0.15, 0.2) is 0 Å². The Morgan fingerprint density at radius 3 is 3.17 bits per heavy atom. The van der Waals surface area contributed by atoms with Crippen molar-refractivity contribution < 1.29 is 9.90 Å². The van der Waals surface area contributed by atoms with Crippen LogP contribution in [0.25, 0.3) is 0 Å². The van der Waals surface area contributed by atoms with Crippen molar-refractivity contribution in [1.29, 1.82) is 0 Å². The fourth-order valence-corrected chi connectivity index (χ4v) is 2.84. The number of hydrogen-bond donors (Lipinski definition) is 1. The number of thioether (sulfide) groups is 1. The number of aliphatic hydroxyl groups is 1. The van der Waals surface area contributed by atoms with E-state index in [1.807, 2.05) is 18.2 Å². The van der Waals surface area contributed by atoms with E-state index in [-0.39, 0.29) is 12.0 Å². The van der Waals surface area contributed by atoms with Crippen LogP contribution in [0.15, 0.2) is 24.4 Å². The van der Waals surface area contributed by atoms with E-state index in [9.17, 15) is 9.90 Å². The van der Waals surface area contributed by atoms with Crippen molar-refractivity contribution in [1.82, 2.24) is 9.88 Å². The number of aliphatic hydroxyl groups excluding tert-OH is 1. The quantitative estimate of drug-likeness (QED) is 0.892. The first-order valence-electron chi connectivity index (χ1n) is 6.19. The molecule has 2 rings (SSSR count). The van der Waals surface area contributed by atoms with E-state index in [2.05, 4.69) is 4.98 Å². The molecule has 1 fully saturated rings. The van der Waals surface area contributed by atoms with Crippen LogP contribution in [0.3, 0.4) is 0 Å². The first-order valence-corrected chi connectivity index (χ1v) is 7.34. The second-order valence-corrected chi connectivity index (χ2v) is 5.44. The monoisotopic (exact) mass is 266 g/mol. The molecule has 1 N–H and O–H groups in total. The summed E-state index contributed by atoms with van der Waals surface area (Å²) < 4.78 is 0. The third-order valence-corrected chi connectivity index (χ3v) is 3.90. The molecule has 0 aromatic carbocycles. The van der Waals surface area contributed by atoms with E-state index in [4.69, 9.17) is 0 Å². The summed E-state index contributed by atoms with van der Waals surface area (Å²) in [6.45, 7) is 1.27. The fraction of sp³-hybridized carbons (Fsp3) is 0.538. The molecule has 1 aromatic rings. The van der Waals surface area contributed by atoms with Crippen molar-refractivity contribution in [2.24, 2.45) is 0 Å². The molecule has 5 heteroatoms. The Morgan fingerprint density at radius 2 is 2.44 bits per heavy atom. The number of nitrogens with zero attached hydrogens (tertiary/aromatic N) is 2. The predicted molar refractivity (Wildman–Crippen MR) is 72.2 cm³/mol. The van der Waals surface area contributed by atoms with Gasteiger partial charge in [-0.25, -0.2) is 0 Å². The SMILES string of the molecule is O=C(CSCc1ccccn1)N1CCCC(O)C1. The lowest BCUT2D eigenvalue weighted by atomic mass is 10.1. The van der Waals surface area contributed by atoms with E-state index in [0.717, 1.165) is 30.8 Å². The van der Waals surface area contributed by atoms with Gasteiger partial charge in [-0.05, 0) is 25.0 Å².